The lowest BCUT2D eigenvalue weighted by molar-refractivity contribution is 0.228. The molecule has 0 N–H and O–H groups in total. The van der Waals surface area contributed by atoms with Crippen LogP contribution in [0.2, 0.25) is 0 Å². The van der Waals surface area contributed by atoms with Gasteiger partial charge in [-0.3, -0.25) is 0 Å². The molecule has 0 atom stereocenters. The van der Waals surface area contributed by atoms with Crippen LogP contribution in [0.3, 0.4) is 0 Å². The summed E-state index contributed by atoms with van der Waals surface area (Å²) < 4.78 is 0. The highest BCUT2D eigenvalue weighted by Gasteiger charge is 2.24. The Labute approximate surface area is 71.9 Å². The molecule has 1 aliphatic carbocycles. The number of allylic oxidation sites excluding steroid dienone is 1. The fraction of sp³-hybridized carbons (Fsp3) is 0.800. The predicted molar refractivity (Wildman–Crippen MR) is 53.6 cm³/mol. The molecule has 1 saturated carbocycles. The summed E-state index contributed by atoms with van der Waals surface area (Å²) in [7, 11) is 3.25. The molecule has 1 heteroatoms. The Bertz CT molecular complexity index is 171. The van der Waals surface area contributed by atoms with Gasteiger partial charge in [0.1, 0.15) is 0 Å². The molecule has 1 fully saturated rings. The van der Waals surface area contributed by atoms with Gasteiger partial charge in [-0.25, -0.2) is 0 Å². The second-order valence-electron chi connectivity index (χ2n) is 4.28. The van der Waals surface area contributed by atoms with Gasteiger partial charge in [-0.15, -0.1) is 5.45 Å². The van der Waals surface area contributed by atoms with E-state index in [-0.39, 0.29) is 0 Å². The van der Waals surface area contributed by atoms with E-state index in [9.17, 15) is 0 Å². The van der Waals surface area contributed by atoms with Gasteiger partial charge in [0.05, 0.1) is 0 Å². The highest BCUT2D eigenvalue weighted by atomic mass is 31.0. The summed E-state index contributed by atoms with van der Waals surface area (Å²) in [6.45, 7) is 4.55. The molecule has 0 aromatic rings. The molecule has 1 rings (SSSR count). The van der Waals surface area contributed by atoms with Crippen molar-refractivity contribution in [2.24, 2.45) is 11.3 Å². The molecule has 1 aliphatic rings. The van der Waals surface area contributed by atoms with Crippen LogP contribution in [-0.4, -0.2) is 5.45 Å². The van der Waals surface area contributed by atoms with Crippen LogP contribution in [0.15, 0.2) is 6.08 Å². The van der Waals surface area contributed by atoms with Gasteiger partial charge in [0, 0.05) is 0 Å². The highest BCUT2D eigenvalue weighted by molar-refractivity contribution is 7.17. The summed E-state index contributed by atoms with van der Waals surface area (Å²) in [5.74, 6) is 0.987. The fourth-order valence-electron chi connectivity index (χ4n) is 1.70. The minimum absolute atomic E-state index is 0.340. The van der Waals surface area contributed by atoms with Gasteiger partial charge in [0.15, 0.2) is 0 Å². The van der Waals surface area contributed by atoms with Crippen molar-refractivity contribution in [2.75, 3.05) is 0 Å². The molecule has 0 aliphatic heterocycles. The van der Waals surface area contributed by atoms with Gasteiger partial charge in [0.2, 0.25) is 0 Å². The second kappa shape index (κ2) is 3.57. The number of rotatable bonds is 3. The van der Waals surface area contributed by atoms with Crippen LogP contribution < -0.4 is 0 Å². The zero-order chi connectivity index (χ0) is 8.32. The van der Waals surface area contributed by atoms with Crippen molar-refractivity contribution in [3.63, 3.8) is 0 Å². The van der Waals surface area contributed by atoms with Crippen LogP contribution in [0, 0.1) is 11.3 Å². The molecule has 0 amide bonds. The van der Waals surface area contributed by atoms with Gasteiger partial charge in [-0.05, 0) is 23.8 Å². The van der Waals surface area contributed by atoms with Crippen LogP contribution in [0.5, 0.6) is 0 Å². The molecule has 0 spiro atoms. The molecule has 0 heterocycles. The summed E-state index contributed by atoms with van der Waals surface area (Å²) in [4.78, 5) is 0. The van der Waals surface area contributed by atoms with Crippen molar-refractivity contribution < 1.29 is 0 Å². The molecule has 0 saturated heterocycles. The van der Waals surface area contributed by atoms with Crippen LogP contribution in [0.25, 0.3) is 0 Å². The Morgan fingerprint density at radius 3 is 2.55 bits per heavy atom. The van der Waals surface area contributed by atoms with E-state index in [4.69, 9.17) is 0 Å². The topological polar surface area (TPSA) is 0 Å². The monoisotopic (exact) mass is 168 g/mol. The number of hydrogen-bond acceptors (Lipinski definition) is 0. The Balaban J connectivity index is 2.37. The summed E-state index contributed by atoms with van der Waals surface area (Å²) in [6.07, 6.45) is 7.78. The van der Waals surface area contributed by atoms with Crippen molar-refractivity contribution in [2.45, 2.75) is 39.5 Å². The van der Waals surface area contributed by atoms with Gasteiger partial charge in [0.25, 0.3) is 0 Å². The first-order valence-corrected chi connectivity index (χ1v) is 4.91. The summed E-state index contributed by atoms with van der Waals surface area (Å²) in [5.41, 5.74) is 3.28. The molecule has 11 heavy (non-hydrogen) atoms. The van der Waals surface area contributed by atoms with Crippen molar-refractivity contribution in [1.82, 2.24) is 0 Å². The average molecular weight is 168 g/mol. The highest BCUT2D eigenvalue weighted by Crippen LogP contribution is 2.37. The third-order valence-electron chi connectivity index (χ3n) is 2.50. The standard InChI is InChI=1S/C10H17P/c1-10(2,6-7-11)8-9-4-3-5-9/h6,9,11H,3-5,8H2,1-2H3. The Morgan fingerprint density at radius 2 is 2.18 bits per heavy atom. The molecule has 0 bridgehead atoms. The molecule has 0 aromatic carbocycles. The van der Waals surface area contributed by atoms with E-state index >= 15 is 0 Å². The first-order chi connectivity index (χ1) is 5.14. The van der Waals surface area contributed by atoms with E-state index in [1.807, 2.05) is 0 Å². The first-order valence-electron chi connectivity index (χ1n) is 4.41. The maximum absolute atomic E-state index is 3.25. The quantitative estimate of drug-likeness (QED) is 0.567. The van der Waals surface area contributed by atoms with E-state index in [1.165, 1.54) is 25.7 Å². The Hall–Kier alpha value is -0.0500. The van der Waals surface area contributed by atoms with Crippen molar-refractivity contribution in [3.8, 4) is 0 Å². The van der Waals surface area contributed by atoms with Crippen molar-refractivity contribution in [1.29, 1.82) is 0 Å². The summed E-state index contributed by atoms with van der Waals surface area (Å²) in [6, 6.07) is 0. The third-order valence-corrected chi connectivity index (χ3v) is 2.65. The summed E-state index contributed by atoms with van der Waals surface area (Å²) in [5, 5.41) is 0. The predicted octanol–water partition coefficient (Wildman–Crippen LogP) is 3.30. The fourth-order valence-corrected chi connectivity index (χ4v) is 2.09. The van der Waals surface area contributed by atoms with Crippen LogP contribution in [0.1, 0.15) is 39.5 Å². The largest absolute Gasteiger partial charge is 0.101 e. The Kier molecular flexibility index (Phi) is 2.93. The minimum atomic E-state index is 0.340. The van der Waals surface area contributed by atoms with Gasteiger partial charge in [-0.2, -0.15) is 0 Å². The van der Waals surface area contributed by atoms with E-state index in [0.29, 0.717) is 5.41 Å². The van der Waals surface area contributed by atoms with Crippen LogP contribution >= 0.6 is 8.86 Å². The second-order valence-corrected chi connectivity index (χ2v) is 4.57. The zero-order valence-electron chi connectivity index (χ0n) is 7.48. The molecule has 0 unspecified atom stereocenters. The number of hydrogen-bond donors (Lipinski definition) is 0. The van der Waals surface area contributed by atoms with Gasteiger partial charge in [-0.1, -0.05) is 42.0 Å². The van der Waals surface area contributed by atoms with Gasteiger partial charge >= 0.3 is 0 Å². The van der Waals surface area contributed by atoms with E-state index < -0.39 is 0 Å². The molecule has 62 valence electrons. The lowest BCUT2D eigenvalue weighted by atomic mass is 9.74. The molecular formula is C10H17P. The van der Waals surface area contributed by atoms with Crippen LogP contribution in [-0.2, 0) is 0 Å². The van der Waals surface area contributed by atoms with E-state index in [0.717, 1.165) is 5.92 Å². The zero-order valence-corrected chi connectivity index (χ0v) is 8.48. The smallest absolute Gasteiger partial charge is 0.00931 e. The van der Waals surface area contributed by atoms with Crippen molar-refractivity contribution >= 4 is 14.3 Å². The third kappa shape index (κ3) is 2.81. The lowest BCUT2D eigenvalue weighted by Crippen LogP contribution is -2.20. The average Bonchev–Trinajstić information content (AvgIpc) is 1.79. The van der Waals surface area contributed by atoms with Crippen molar-refractivity contribution in [3.05, 3.63) is 6.08 Å². The minimum Gasteiger partial charge on any atom is -0.101 e. The molecular weight excluding hydrogens is 151 g/mol. The normalized spacial score (nSPS) is 18.7. The SMILES string of the molecule is CC(C)(C=C=P)CC1CCC1. The summed E-state index contributed by atoms with van der Waals surface area (Å²) >= 11 is 0. The lowest BCUT2D eigenvalue weighted by Gasteiger charge is -2.32. The maximum atomic E-state index is 3.25. The molecule has 0 radical (unpaired) electrons. The van der Waals surface area contributed by atoms with Crippen LogP contribution in [0.4, 0.5) is 0 Å². The van der Waals surface area contributed by atoms with Gasteiger partial charge < -0.3 is 0 Å². The van der Waals surface area contributed by atoms with E-state index in [2.05, 4.69) is 34.2 Å². The first kappa shape index (κ1) is 9.04. The Morgan fingerprint density at radius 1 is 1.55 bits per heavy atom. The molecule has 0 aromatic heterocycles. The maximum Gasteiger partial charge on any atom is -0.00931 e. The molecule has 0 nitrogen and oxygen atoms in total. The van der Waals surface area contributed by atoms with E-state index in [1.54, 1.807) is 0 Å².